The van der Waals surface area contributed by atoms with E-state index in [4.69, 9.17) is 0 Å². The largest absolute Gasteiger partial charge is 0.324 e. The predicted octanol–water partition coefficient (Wildman–Crippen LogP) is 4.17. The SMILES string of the molecule is CCn1c(=O)c2cnc(Nc3ccc4c(c3)CNCC4(C)C)nc2n1-c1ccc(F)c(C)c1. The van der Waals surface area contributed by atoms with Gasteiger partial charge >= 0.3 is 0 Å². The second kappa shape index (κ2) is 7.81. The van der Waals surface area contributed by atoms with Crippen LogP contribution < -0.4 is 16.2 Å². The number of nitrogens with one attached hydrogen (secondary N) is 2. The van der Waals surface area contributed by atoms with Crippen molar-refractivity contribution >= 4 is 22.7 Å². The number of fused-ring (bicyclic) bond motifs is 2. The number of benzene rings is 2. The molecule has 33 heavy (non-hydrogen) atoms. The summed E-state index contributed by atoms with van der Waals surface area (Å²) in [5, 5.41) is 7.17. The van der Waals surface area contributed by atoms with Crippen molar-refractivity contribution in [1.29, 1.82) is 0 Å². The van der Waals surface area contributed by atoms with Gasteiger partial charge in [0, 0.05) is 36.9 Å². The lowest BCUT2D eigenvalue weighted by molar-refractivity contribution is 0.435. The Balaban J connectivity index is 1.59. The molecule has 0 aliphatic carbocycles. The van der Waals surface area contributed by atoms with Gasteiger partial charge in [0.2, 0.25) is 5.95 Å². The molecule has 0 radical (unpaired) electrons. The highest BCUT2D eigenvalue weighted by molar-refractivity contribution is 5.77. The van der Waals surface area contributed by atoms with Crippen LogP contribution in [-0.4, -0.2) is 25.9 Å². The van der Waals surface area contributed by atoms with Gasteiger partial charge in [-0.15, -0.1) is 0 Å². The lowest BCUT2D eigenvalue weighted by atomic mass is 9.79. The number of hydrogen-bond donors (Lipinski definition) is 2. The number of nitrogens with zero attached hydrogens (tertiary/aromatic N) is 4. The van der Waals surface area contributed by atoms with Crippen LogP contribution in [0, 0.1) is 12.7 Å². The summed E-state index contributed by atoms with van der Waals surface area (Å²) in [5.74, 6) is 0.106. The molecule has 0 fully saturated rings. The average molecular weight is 447 g/mol. The molecule has 7 nitrogen and oxygen atoms in total. The number of aromatic nitrogens is 4. The van der Waals surface area contributed by atoms with E-state index in [1.807, 2.05) is 13.0 Å². The molecule has 0 atom stereocenters. The lowest BCUT2D eigenvalue weighted by Gasteiger charge is -2.33. The molecular formula is C25H27FN6O. The molecule has 1 aliphatic heterocycles. The first-order valence-corrected chi connectivity index (χ1v) is 11.1. The highest BCUT2D eigenvalue weighted by Gasteiger charge is 2.27. The molecule has 0 bridgehead atoms. The minimum atomic E-state index is -0.289. The summed E-state index contributed by atoms with van der Waals surface area (Å²) in [6, 6.07) is 11.1. The maximum Gasteiger partial charge on any atom is 0.278 e. The third-order valence-electron chi connectivity index (χ3n) is 6.33. The van der Waals surface area contributed by atoms with Crippen LogP contribution in [0.5, 0.6) is 0 Å². The van der Waals surface area contributed by atoms with E-state index >= 15 is 0 Å². The molecule has 0 amide bonds. The minimum absolute atomic E-state index is 0.0773. The van der Waals surface area contributed by atoms with Crippen molar-refractivity contribution in [3.05, 3.63) is 75.5 Å². The summed E-state index contributed by atoms with van der Waals surface area (Å²) < 4.78 is 17.2. The Labute approximate surface area is 191 Å². The topological polar surface area (TPSA) is 76.8 Å². The second-order valence-corrected chi connectivity index (χ2v) is 9.18. The zero-order valence-corrected chi connectivity index (χ0v) is 19.2. The van der Waals surface area contributed by atoms with Crippen LogP contribution in [0.4, 0.5) is 16.0 Å². The van der Waals surface area contributed by atoms with Crippen molar-refractivity contribution in [3.63, 3.8) is 0 Å². The predicted molar refractivity (Wildman–Crippen MR) is 128 cm³/mol. The Hall–Kier alpha value is -3.52. The fourth-order valence-corrected chi connectivity index (χ4v) is 4.61. The first-order valence-electron chi connectivity index (χ1n) is 11.1. The third kappa shape index (κ3) is 3.60. The normalized spacial score (nSPS) is 14.9. The van der Waals surface area contributed by atoms with Crippen LogP contribution in [0.2, 0.25) is 0 Å². The van der Waals surface area contributed by atoms with Crippen LogP contribution in [0.25, 0.3) is 16.7 Å². The van der Waals surface area contributed by atoms with Crippen molar-refractivity contribution in [2.24, 2.45) is 0 Å². The van der Waals surface area contributed by atoms with E-state index in [0.29, 0.717) is 34.8 Å². The van der Waals surface area contributed by atoms with E-state index in [1.54, 1.807) is 34.6 Å². The van der Waals surface area contributed by atoms with Gasteiger partial charge in [-0.3, -0.25) is 4.79 Å². The number of anilines is 2. The first-order chi connectivity index (χ1) is 15.8. The molecule has 0 unspecified atom stereocenters. The van der Waals surface area contributed by atoms with Crippen molar-refractivity contribution in [2.75, 3.05) is 11.9 Å². The van der Waals surface area contributed by atoms with Crippen molar-refractivity contribution in [1.82, 2.24) is 24.6 Å². The Morgan fingerprint density at radius 1 is 1.21 bits per heavy atom. The summed E-state index contributed by atoms with van der Waals surface area (Å²) in [4.78, 5) is 22.0. The molecule has 2 aromatic carbocycles. The quantitative estimate of drug-likeness (QED) is 0.492. The third-order valence-corrected chi connectivity index (χ3v) is 6.33. The first kappa shape index (κ1) is 21.3. The van der Waals surface area contributed by atoms with Crippen LogP contribution in [0.15, 0.2) is 47.4 Å². The molecule has 0 spiro atoms. The van der Waals surface area contributed by atoms with E-state index in [9.17, 15) is 9.18 Å². The summed E-state index contributed by atoms with van der Waals surface area (Å²) in [5.41, 5.74) is 5.02. The summed E-state index contributed by atoms with van der Waals surface area (Å²) in [6.07, 6.45) is 1.55. The fraction of sp³-hybridized carbons (Fsp3) is 0.320. The molecule has 0 saturated carbocycles. The smallest absolute Gasteiger partial charge is 0.278 e. The molecule has 1 aliphatic rings. The van der Waals surface area contributed by atoms with Gasteiger partial charge in [0.15, 0.2) is 5.65 Å². The Bertz CT molecular complexity index is 1440. The van der Waals surface area contributed by atoms with Crippen LogP contribution in [0.3, 0.4) is 0 Å². The van der Waals surface area contributed by atoms with Gasteiger partial charge < -0.3 is 10.6 Å². The van der Waals surface area contributed by atoms with Gasteiger partial charge in [-0.05, 0) is 60.9 Å². The summed E-state index contributed by atoms with van der Waals surface area (Å²) >= 11 is 0. The monoisotopic (exact) mass is 446 g/mol. The number of rotatable bonds is 4. The zero-order valence-electron chi connectivity index (χ0n) is 19.2. The van der Waals surface area contributed by atoms with Crippen LogP contribution >= 0.6 is 0 Å². The Kier molecular flexibility index (Phi) is 5.05. The highest BCUT2D eigenvalue weighted by Crippen LogP contribution is 2.31. The zero-order chi connectivity index (χ0) is 23.3. The Morgan fingerprint density at radius 3 is 2.79 bits per heavy atom. The van der Waals surface area contributed by atoms with E-state index < -0.39 is 0 Å². The molecule has 3 heterocycles. The van der Waals surface area contributed by atoms with Gasteiger partial charge in [0.25, 0.3) is 5.56 Å². The standard InChI is InChI=1S/C25H27FN6O/c1-5-31-23(33)19-13-28-24(30-22(19)32(31)18-7-9-21(26)15(2)10-18)29-17-6-8-20-16(11-17)12-27-14-25(20,3)4/h6-11,13,27H,5,12,14H2,1-4H3,(H,28,29,30). The van der Waals surface area contributed by atoms with Gasteiger partial charge in [-0.2, -0.15) is 4.98 Å². The van der Waals surface area contributed by atoms with Crippen molar-refractivity contribution < 1.29 is 4.39 Å². The summed E-state index contributed by atoms with van der Waals surface area (Å²) in [7, 11) is 0. The maximum absolute atomic E-state index is 13.9. The molecule has 2 aromatic heterocycles. The molecule has 5 rings (SSSR count). The molecular weight excluding hydrogens is 419 g/mol. The Morgan fingerprint density at radius 2 is 2.03 bits per heavy atom. The average Bonchev–Trinajstić information content (AvgIpc) is 3.06. The second-order valence-electron chi connectivity index (χ2n) is 9.18. The molecule has 2 N–H and O–H groups in total. The summed E-state index contributed by atoms with van der Waals surface area (Å²) in [6.45, 7) is 10.3. The number of aryl methyl sites for hydroxylation is 1. The van der Waals surface area contributed by atoms with Crippen molar-refractivity contribution in [3.8, 4) is 5.69 Å². The van der Waals surface area contributed by atoms with E-state index in [0.717, 1.165) is 18.8 Å². The van der Waals surface area contributed by atoms with Crippen LogP contribution in [-0.2, 0) is 18.5 Å². The van der Waals surface area contributed by atoms with Crippen LogP contribution in [0.1, 0.15) is 37.5 Å². The minimum Gasteiger partial charge on any atom is -0.324 e. The molecule has 170 valence electrons. The highest BCUT2D eigenvalue weighted by atomic mass is 19.1. The van der Waals surface area contributed by atoms with Gasteiger partial charge in [-0.25, -0.2) is 18.7 Å². The van der Waals surface area contributed by atoms with E-state index in [2.05, 4.69) is 46.6 Å². The van der Waals surface area contributed by atoms with Crippen molar-refractivity contribution in [2.45, 2.75) is 46.2 Å². The molecule has 4 aromatic rings. The van der Waals surface area contributed by atoms with E-state index in [-0.39, 0.29) is 16.8 Å². The van der Waals surface area contributed by atoms with Gasteiger partial charge in [0.1, 0.15) is 11.2 Å². The maximum atomic E-state index is 13.9. The van der Waals surface area contributed by atoms with Gasteiger partial charge in [0.05, 0.1) is 5.69 Å². The lowest BCUT2D eigenvalue weighted by Crippen LogP contribution is -2.38. The number of hydrogen-bond acceptors (Lipinski definition) is 5. The number of halogens is 1. The molecule has 8 heteroatoms. The van der Waals surface area contributed by atoms with E-state index in [1.165, 1.54) is 17.2 Å². The fourth-order valence-electron chi connectivity index (χ4n) is 4.61. The van der Waals surface area contributed by atoms with Gasteiger partial charge in [-0.1, -0.05) is 19.9 Å². The molecule has 0 saturated heterocycles.